The number of benzene rings is 2. The first kappa shape index (κ1) is 22.1. The molecule has 0 aliphatic carbocycles. The van der Waals surface area contributed by atoms with Crippen LogP contribution < -0.4 is 16.0 Å². The van der Waals surface area contributed by atoms with Crippen molar-refractivity contribution in [1.82, 2.24) is 5.32 Å². The summed E-state index contributed by atoms with van der Waals surface area (Å²) >= 11 is 0. The molecule has 6 heteroatoms. The van der Waals surface area contributed by atoms with Gasteiger partial charge in [-0.15, -0.1) is 24.8 Å². The zero-order valence-corrected chi connectivity index (χ0v) is 16.7. The van der Waals surface area contributed by atoms with Crippen LogP contribution in [0.2, 0.25) is 0 Å². The monoisotopic (exact) mass is 395 g/mol. The van der Waals surface area contributed by atoms with Crippen LogP contribution in [0.4, 0.5) is 11.4 Å². The molecule has 0 saturated carbocycles. The van der Waals surface area contributed by atoms with E-state index in [9.17, 15) is 4.79 Å². The summed E-state index contributed by atoms with van der Waals surface area (Å²) in [4.78, 5) is 15.0. The van der Waals surface area contributed by atoms with Crippen molar-refractivity contribution in [1.29, 1.82) is 0 Å². The molecule has 1 heterocycles. The number of carbonyl (C=O) groups excluding carboxylic acids is 1. The predicted octanol–water partition coefficient (Wildman–Crippen LogP) is 3.99. The molecule has 2 aromatic carbocycles. The van der Waals surface area contributed by atoms with Crippen LogP contribution in [-0.4, -0.2) is 25.5 Å². The molecule has 142 valence electrons. The minimum atomic E-state index is 0. The molecule has 1 amide bonds. The van der Waals surface area contributed by atoms with Gasteiger partial charge in [0, 0.05) is 31.0 Å². The smallest absolute Gasteiger partial charge is 0.253 e. The number of aryl methyl sites for hydroxylation is 1. The van der Waals surface area contributed by atoms with Crippen LogP contribution in [0.5, 0.6) is 0 Å². The normalized spacial score (nSPS) is 12.9. The van der Waals surface area contributed by atoms with E-state index in [1.54, 1.807) is 0 Å². The van der Waals surface area contributed by atoms with Crippen LogP contribution >= 0.6 is 24.8 Å². The standard InChI is InChI=1S/C20H25N3O.2ClH/c1-15-4-9-19(23-12-2-3-13-23)18(14-15)20(24)22-11-10-16-5-7-17(21)8-6-16;;/h4-9,14H,2-3,10-13,21H2,1H3,(H,22,24);2*1H. The molecule has 3 rings (SSSR count). The van der Waals surface area contributed by atoms with Gasteiger partial charge in [0.2, 0.25) is 0 Å². The lowest BCUT2D eigenvalue weighted by atomic mass is 10.1. The van der Waals surface area contributed by atoms with E-state index in [-0.39, 0.29) is 30.7 Å². The van der Waals surface area contributed by atoms with E-state index in [1.165, 1.54) is 18.4 Å². The molecule has 0 unspecified atom stereocenters. The first-order valence-corrected chi connectivity index (χ1v) is 8.62. The van der Waals surface area contributed by atoms with Gasteiger partial charge >= 0.3 is 0 Å². The van der Waals surface area contributed by atoms with Gasteiger partial charge in [0.1, 0.15) is 0 Å². The Labute approximate surface area is 168 Å². The first-order valence-electron chi connectivity index (χ1n) is 8.62. The molecule has 3 N–H and O–H groups in total. The molecule has 4 nitrogen and oxygen atoms in total. The van der Waals surface area contributed by atoms with Crippen molar-refractivity contribution in [3.63, 3.8) is 0 Å². The van der Waals surface area contributed by atoms with Crippen LogP contribution in [0.15, 0.2) is 42.5 Å². The Morgan fingerprint density at radius 3 is 2.38 bits per heavy atom. The van der Waals surface area contributed by atoms with Crippen molar-refractivity contribution in [3.8, 4) is 0 Å². The fourth-order valence-corrected chi connectivity index (χ4v) is 3.17. The summed E-state index contributed by atoms with van der Waals surface area (Å²) in [5.41, 5.74) is 10.6. The Hall–Kier alpha value is -1.91. The maximum atomic E-state index is 12.7. The van der Waals surface area contributed by atoms with Gasteiger partial charge in [-0.05, 0) is 56.0 Å². The molecule has 26 heavy (non-hydrogen) atoms. The van der Waals surface area contributed by atoms with Gasteiger partial charge in [-0.1, -0.05) is 23.8 Å². The van der Waals surface area contributed by atoms with Crippen molar-refractivity contribution in [3.05, 3.63) is 59.2 Å². The van der Waals surface area contributed by atoms with E-state index in [0.29, 0.717) is 6.54 Å². The fourth-order valence-electron chi connectivity index (χ4n) is 3.17. The number of nitrogens with zero attached hydrogens (tertiary/aromatic N) is 1. The van der Waals surface area contributed by atoms with Crippen LogP contribution in [-0.2, 0) is 6.42 Å². The number of anilines is 2. The Balaban J connectivity index is 0.00000169. The highest BCUT2D eigenvalue weighted by Gasteiger charge is 2.19. The zero-order valence-electron chi connectivity index (χ0n) is 15.0. The number of hydrogen-bond acceptors (Lipinski definition) is 3. The van der Waals surface area contributed by atoms with Gasteiger partial charge in [-0.25, -0.2) is 0 Å². The third kappa shape index (κ3) is 5.55. The zero-order chi connectivity index (χ0) is 16.9. The van der Waals surface area contributed by atoms with E-state index in [2.05, 4.69) is 22.3 Å². The van der Waals surface area contributed by atoms with Crippen LogP contribution in [0, 0.1) is 6.92 Å². The number of amides is 1. The molecule has 2 aromatic rings. The molecule has 0 spiro atoms. The van der Waals surface area contributed by atoms with Gasteiger partial charge in [0.15, 0.2) is 0 Å². The second-order valence-corrected chi connectivity index (χ2v) is 6.46. The van der Waals surface area contributed by atoms with E-state index in [4.69, 9.17) is 5.73 Å². The summed E-state index contributed by atoms with van der Waals surface area (Å²) in [6.07, 6.45) is 3.20. The summed E-state index contributed by atoms with van der Waals surface area (Å²) < 4.78 is 0. The van der Waals surface area contributed by atoms with Crippen LogP contribution in [0.25, 0.3) is 0 Å². The first-order chi connectivity index (χ1) is 11.6. The van der Waals surface area contributed by atoms with E-state index < -0.39 is 0 Å². The number of nitrogens with two attached hydrogens (primary N) is 1. The number of carbonyl (C=O) groups is 1. The highest BCUT2D eigenvalue weighted by molar-refractivity contribution is 6.00. The Bertz CT molecular complexity index is 713. The summed E-state index contributed by atoms with van der Waals surface area (Å²) in [5.74, 6) is 0.0102. The van der Waals surface area contributed by atoms with Gasteiger partial charge in [0.05, 0.1) is 5.56 Å². The van der Waals surface area contributed by atoms with Crippen molar-refractivity contribution in [2.75, 3.05) is 30.3 Å². The van der Waals surface area contributed by atoms with Crippen molar-refractivity contribution in [2.24, 2.45) is 0 Å². The Morgan fingerprint density at radius 1 is 1.08 bits per heavy atom. The van der Waals surface area contributed by atoms with Crippen molar-refractivity contribution < 1.29 is 4.79 Å². The maximum Gasteiger partial charge on any atom is 0.253 e. The lowest BCUT2D eigenvalue weighted by Gasteiger charge is -2.21. The second kappa shape index (κ2) is 10.3. The molecular weight excluding hydrogens is 369 g/mol. The van der Waals surface area contributed by atoms with E-state index in [1.807, 2.05) is 37.3 Å². The van der Waals surface area contributed by atoms with E-state index in [0.717, 1.165) is 42.0 Å². The van der Waals surface area contributed by atoms with Gasteiger partial charge in [-0.3, -0.25) is 4.79 Å². The number of rotatable bonds is 5. The molecule has 0 atom stereocenters. The van der Waals surface area contributed by atoms with Gasteiger partial charge < -0.3 is 16.0 Å². The van der Waals surface area contributed by atoms with Gasteiger partial charge in [-0.2, -0.15) is 0 Å². The molecule has 0 radical (unpaired) electrons. The van der Waals surface area contributed by atoms with Gasteiger partial charge in [0.25, 0.3) is 5.91 Å². The maximum absolute atomic E-state index is 12.7. The minimum Gasteiger partial charge on any atom is -0.399 e. The molecule has 0 bridgehead atoms. The summed E-state index contributed by atoms with van der Waals surface area (Å²) in [6.45, 7) is 4.72. The number of hydrogen-bond donors (Lipinski definition) is 2. The molecule has 1 fully saturated rings. The Kier molecular flexibility index (Phi) is 8.76. The lowest BCUT2D eigenvalue weighted by molar-refractivity contribution is 0.0954. The predicted molar refractivity (Wildman–Crippen MR) is 114 cm³/mol. The van der Waals surface area contributed by atoms with E-state index >= 15 is 0 Å². The number of nitrogens with one attached hydrogen (secondary N) is 1. The lowest BCUT2D eigenvalue weighted by Crippen LogP contribution is -2.29. The summed E-state index contributed by atoms with van der Waals surface area (Å²) in [7, 11) is 0. The van der Waals surface area contributed by atoms with Crippen LogP contribution in [0.3, 0.4) is 0 Å². The third-order valence-corrected chi connectivity index (χ3v) is 4.52. The highest BCUT2D eigenvalue weighted by Crippen LogP contribution is 2.25. The fraction of sp³-hybridized carbons (Fsp3) is 0.350. The molecular formula is C20H27Cl2N3O. The summed E-state index contributed by atoms with van der Waals surface area (Å²) in [6, 6.07) is 13.9. The van der Waals surface area contributed by atoms with Crippen molar-refractivity contribution in [2.45, 2.75) is 26.2 Å². The molecule has 1 saturated heterocycles. The third-order valence-electron chi connectivity index (χ3n) is 4.52. The topological polar surface area (TPSA) is 58.4 Å². The molecule has 1 aliphatic heterocycles. The minimum absolute atomic E-state index is 0. The molecule has 1 aliphatic rings. The average Bonchev–Trinajstić information content (AvgIpc) is 3.11. The quantitative estimate of drug-likeness (QED) is 0.752. The highest BCUT2D eigenvalue weighted by atomic mass is 35.5. The Morgan fingerprint density at radius 2 is 1.73 bits per heavy atom. The molecule has 0 aromatic heterocycles. The SMILES string of the molecule is Cc1ccc(N2CCCC2)c(C(=O)NCCc2ccc(N)cc2)c1.Cl.Cl. The average molecular weight is 396 g/mol. The second-order valence-electron chi connectivity index (χ2n) is 6.46. The van der Waals surface area contributed by atoms with Crippen molar-refractivity contribution >= 4 is 42.1 Å². The number of halogens is 2. The number of nitrogen functional groups attached to an aromatic ring is 1. The largest absolute Gasteiger partial charge is 0.399 e. The van der Waals surface area contributed by atoms with Crippen LogP contribution in [0.1, 0.15) is 34.3 Å². The summed E-state index contributed by atoms with van der Waals surface area (Å²) in [5, 5.41) is 3.06.